The molecule has 1 heterocycles. The molecular formula is C11H19NO2S. The second kappa shape index (κ2) is 5.61. The van der Waals surface area contributed by atoms with Gasteiger partial charge >= 0.3 is 0 Å². The Labute approximate surface area is 94.8 Å². The van der Waals surface area contributed by atoms with Gasteiger partial charge in [-0.05, 0) is 42.7 Å². The molecule has 3 nitrogen and oxygen atoms in total. The van der Waals surface area contributed by atoms with Crippen molar-refractivity contribution >= 4 is 11.3 Å². The fourth-order valence-electron chi connectivity index (χ4n) is 1.55. The third-order valence-corrected chi connectivity index (χ3v) is 3.15. The van der Waals surface area contributed by atoms with Gasteiger partial charge in [-0.15, -0.1) is 0 Å². The van der Waals surface area contributed by atoms with Crippen molar-refractivity contribution in [2.45, 2.75) is 31.8 Å². The predicted octanol–water partition coefficient (Wildman–Crippen LogP) is 1.01. The Morgan fingerprint density at radius 3 is 2.60 bits per heavy atom. The minimum absolute atomic E-state index is 0.0581. The lowest BCUT2D eigenvalue weighted by Crippen LogP contribution is -2.53. The summed E-state index contributed by atoms with van der Waals surface area (Å²) < 4.78 is 0. The molecule has 1 aromatic rings. The second-order valence-corrected chi connectivity index (χ2v) is 5.04. The average molecular weight is 229 g/mol. The first-order valence-electron chi connectivity index (χ1n) is 5.10. The molecule has 0 aromatic carbocycles. The molecule has 1 rings (SSSR count). The Hall–Kier alpha value is -0.420. The van der Waals surface area contributed by atoms with Gasteiger partial charge in [-0.1, -0.05) is 0 Å². The molecule has 0 saturated heterocycles. The van der Waals surface area contributed by atoms with Crippen molar-refractivity contribution < 1.29 is 10.2 Å². The third-order valence-electron chi connectivity index (χ3n) is 2.41. The van der Waals surface area contributed by atoms with Crippen LogP contribution in [0, 0.1) is 0 Å². The van der Waals surface area contributed by atoms with Crippen LogP contribution < -0.4 is 5.32 Å². The van der Waals surface area contributed by atoms with Gasteiger partial charge in [-0.3, -0.25) is 0 Å². The topological polar surface area (TPSA) is 52.5 Å². The molecule has 1 atom stereocenters. The molecule has 86 valence electrons. The van der Waals surface area contributed by atoms with Gasteiger partial charge in [0.05, 0.1) is 18.8 Å². The van der Waals surface area contributed by atoms with E-state index in [9.17, 15) is 0 Å². The van der Waals surface area contributed by atoms with E-state index in [1.165, 1.54) is 5.56 Å². The van der Waals surface area contributed by atoms with Crippen molar-refractivity contribution in [2.24, 2.45) is 0 Å². The molecule has 0 saturated carbocycles. The van der Waals surface area contributed by atoms with E-state index in [0.29, 0.717) is 0 Å². The monoisotopic (exact) mass is 229 g/mol. The van der Waals surface area contributed by atoms with Crippen LogP contribution in [0.4, 0.5) is 0 Å². The Morgan fingerprint density at radius 2 is 2.13 bits per heavy atom. The van der Waals surface area contributed by atoms with Crippen LogP contribution in [-0.4, -0.2) is 35.0 Å². The number of nitrogens with one attached hydrogen (secondary N) is 1. The zero-order chi connectivity index (χ0) is 11.3. The van der Waals surface area contributed by atoms with E-state index in [1.807, 2.05) is 6.92 Å². The van der Waals surface area contributed by atoms with Crippen LogP contribution in [0.5, 0.6) is 0 Å². The van der Waals surface area contributed by atoms with E-state index in [-0.39, 0.29) is 19.3 Å². The standard InChI is InChI=1S/C11H19NO2S/c1-9(5-10-3-4-15-6-10)12-11(2,7-13)8-14/h3-4,6,9,12-14H,5,7-8H2,1-2H3. The molecule has 0 amide bonds. The smallest absolute Gasteiger partial charge is 0.0633 e. The largest absolute Gasteiger partial charge is 0.394 e. The molecule has 1 aromatic heterocycles. The summed E-state index contributed by atoms with van der Waals surface area (Å²) in [5, 5.41) is 25.7. The minimum Gasteiger partial charge on any atom is -0.394 e. The zero-order valence-corrected chi connectivity index (χ0v) is 10.0. The number of aliphatic hydroxyl groups is 2. The fourth-order valence-corrected chi connectivity index (χ4v) is 2.23. The molecule has 3 N–H and O–H groups in total. The number of thiophene rings is 1. The van der Waals surface area contributed by atoms with Crippen LogP contribution in [0.3, 0.4) is 0 Å². The minimum atomic E-state index is -0.588. The van der Waals surface area contributed by atoms with Crippen LogP contribution in [0.15, 0.2) is 16.8 Å². The lowest BCUT2D eigenvalue weighted by Gasteiger charge is -2.30. The van der Waals surface area contributed by atoms with Gasteiger partial charge in [0, 0.05) is 6.04 Å². The van der Waals surface area contributed by atoms with Crippen LogP contribution >= 0.6 is 11.3 Å². The first-order valence-corrected chi connectivity index (χ1v) is 6.04. The molecule has 0 bridgehead atoms. The number of hydrogen-bond donors (Lipinski definition) is 3. The van der Waals surface area contributed by atoms with Gasteiger partial charge in [0.2, 0.25) is 0 Å². The normalized spacial score (nSPS) is 14.1. The van der Waals surface area contributed by atoms with Crippen LogP contribution in [0.1, 0.15) is 19.4 Å². The first kappa shape index (κ1) is 12.6. The van der Waals surface area contributed by atoms with E-state index >= 15 is 0 Å². The summed E-state index contributed by atoms with van der Waals surface area (Å²) in [6, 6.07) is 2.34. The molecule has 0 fully saturated rings. The molecule has 0 spiro atoms. The lowest BCUT2D eigenvalue weighted by molar-refractivity contribution is 0.0957. The van der Waals surface area contributed by atoms with E-state index in [1.54, 1.807) is 11.3 Å². The van der Waals surface area contributed by atoms with Gasteiger partial charge in [0.25, 0.3) is 0 Å². The van der Waals surface area contributed by atoms with Crippen molar-refractivity contribution in [1.29, 1.82) is 0 Å². The first-order chi connectivity index (χ1) is 7.09. The second-order valence-electron chi connectivity index (χ2n) is 4.26. The highest BCUT2D eigenvalue weighted by atomic mass is 32.1. The number of aliphatic hydroxyl groups excluding tert-OH is 2. The Morgan fingerprint density at radius 1 is 1.47 bits per heavy atom. The highest BCUT2D eigenvalue weighted by Crippen LogP contribution is 2.11. The third kappa shape index (κ3) is 3.91. The summed E-state index contributed by atoms with van der Waals surface area (Å²) in [6.45, 7) is 3.76. The predicted molar refractivity (Wildman–Crippen MR) is 63.2 cm³/mol. The Bertz CT molecular complexity index is 270. The maximum Gasteiger partial charge on any atom is 0.0633 e. The SMILES string of the molecule is CC(Cc1ccsc1)NC(C)(CO)CO. The van der Waals surface area contributed by atoms with E-state index in [0.717, 1.165) is 6.42 Å². The molecule has 0 aliphatic carbocycles. The zero-order valence-electron chi connectivity index (χ0n) is 9.23. The van der Waals surface area contributed by atoms with Crippen molar-refractivity contribution in [3.8, 4) is 0 Å². The van der Waals surface area contributed by atoms with Crippen molar-refractivity contribution in [2.75, 3.05) is 13.2 Å². The Balaban J connectivity index is 2.44. The lowest BCUT2D eigenvalue weighted by atomic mass is 10.0. The van der Waals surface area contributed by atoms with Crippen molar-refractivity contribution in [3.63, 3.8) is 0 Å². The molecular weight excluding hydrogens is 210 g/mol. The molecule has 0 aliphatic heterocycles. The molecule has 0 radical (unpaired) electrons. The maximum absolute atomic E-state index is 9.14. The summed E-state index contributed by atoms with van der Waals surface area (Å²) in [4.78, 5) is 0. The summed E-state index contributed by atoms with van der Waals surface area (Å²) in [5.41, 5.74) is 0.702. The molecule has 1 unspecified atom stereocenters. The van der Waals surface area contributed by atoms with E-state index in [2.05, 4.69) is 29.1 Å². The summed E-state index contributed by atoms with van der Waals surface area (Å²) in [5.74, 6) is 0. The van der Waals surface area contributed by atoms with Gasteiger partial charge < -0.3 is 15.5 Å². The van der Waals surface area contributed by atoms with Gasteiger partial charge in [0.15, 0.2) is 0 Å². The van der Waals surface area contributed by atoms with E-state index < -0.39 is 5.54 Å². The summed E-state index contributed by atoms with van der Waals surface area (Å²) >= 11 is 1.68. The van der Waals surface area contributed by atoms with E-state index in [4.69, 9.17) is 10.2 Å². The van der Waals surface area contributed by atoms with Gasteiger partial charge in [0.1, 0.15) is 0 Å². The molecule has 0 aliphatic rings. The Kier molecular flexibility index (Phi) is 4.73. The maximum atomic E-state index is 9.14. The number of rotatable bonds is 6. The van der Waals surface area contributed by atoms with Crippen LogP contribution in [0.2, 0.25) is 0 Å². The highest BCUT2D eigenvalue weighted by molar-refractivity contribution is 7.07. The summed E-state index contributed by atoms with van der Waals surface area (Å²) in [7, 11) is 0. The van der Waals surface area contributed by atoms with Crippen molar-refractivity contribution in [3.05, 3.63) is 22.4 Å². The van der Waals surface area contributed by atoms with Gasteiger partial charge in [-0.2, -0.15) is 11.3 Å². The van der Waals surface area contributed by atoms with Gasteiger partial charge in [-0.25, -0.2) is 0 Å². The highest BCUT2D eigenvalue weighted by Gasteiger charge is 2.23. The van der Waals surface area contributed by atoms with Crippen molar-refractivity contribution in [1.82, 2.24) is 5.32 Å². The quantitative estimate of drug-likeness (QED) is 0.682. The molecule has 15 heavy (non-hydrogen) atoms. The summed E-state index contributed by atoms with van der Waals surface area (Å²) in [6.07, 6.45) is 0.916. The fraction of sp³-hybridized carbons (Fsp3) is 0.636. The number of hydrogen-bond acceptors (Lipinski definition) is 4. The van der Waals surface area contributed by atoms with Crippen LogP contribution in [0.25, 0.3) is 0 Å². The molecule has 4 heteroatoms. The average Bonchev–Trinajstić information content (AvgIpc) is 2.70. The van der Waals surface area contributed by atoms with Crippen LogP contribution in [-0.2, 0) is 6.42 Å².